The van der Waals surface area contributed by atoms with Crippen molar-refractivity contribution in [3.8, 4) is 16.9 Å². The van der Waals surface area contributed by atoms with Crippen LogP contribution >= 0.6 is 0 Å². The second-order valence-corrected chi connectivity index (χ2v) is 7.00. The van der Waals surface area contributed by atoms with Gasteiger partial charge in [-0.15, -0.1) is 5.10 Å². The fraction of sp³-hybridized carbons (Fsp3) is 0.0417. The summed E-state index contributed by atoms with van der Waals surface area (Å²) in [7, 11) is 0. The van der Waals surface area contributed by atoms with Crippen molar-refractivity contribution in [1.29, 1.82) is 0 Å². The summed E-state index contributed by atoms with van der Waals surface area (Å²) in [4.78, 5) is 17.7. The van der Waals surface area contributed by atoms with Crippen LogP contribution < -0.4 is 0 Å². The summed E-state index contributed by atoms with van der Waals surface area (Å²) in [5.41, 5.74) is 2.99. The Morgan fingerprint density at radius 2 is 1.69 bits per heavy atom. The maximum atomic E-state index is 13.3. The Morgan fingerprint density at radius 1 is 0.938 bits per heavy atom. The van der Waals surface area contributed by atoms with Crippen molar-refractivity contribution in [3.05, 3.63) is 102 Å². The van der Waals surface area contributed by atoms with E-state index in [1.165, 1.54) is 16.8 Å². The Hall–Kier alpha value is -4.46. The third-order valence-corrected chi connectivity index (χ3v) is 4.94. The lowest BCUT2D eigenvalue weighted by atomic mass is 10.0. The number of hydrogen-bond acceptors (Lipinski definition) is 6. The van der Waals surface area contributed by atoms with Crippen molar-refractivity contribution >= 4 is 16.9 Å². The lowest BCUT2D eigenvalue weighted by Gasteiger charge is -2.10. The number of nitrogens with zero attached hydrogens (tertiary/aromatic N) is 5. The molecule has 3 aromatic carbocycles. The monoisotopic (exact) mass is 425 g/mol. The van der Waals surface area contributed by atoms with Crippen LogP contribution in [0.2, 0.25) is 0 Å². The minimum absolute atomic E-state index is 0.108. The quantitative estimate of drug-likeness (QED) is 0.389. The molecule has 0 fully saturated rings. The van der Waals surface area contributed by atoms with Crippen molar-refractivity contribution in [3.63, 3.8) is 0 Å². The molecule has 0 bridgehead atoms. The van der Waals surface area contributed by atoms with E-state index in [-0.39, 0.29) is 12.4 Å². The summed E-state index contributed by atoms with van der Waals surface area (Å²) in [6.45, 7) is -0.108. The second kappa shape index (κ2) is 8.35. The van der Waals surface area contributed by atoms with Crippen LogP contribution in [0.5, 0.6) is 0 Å². The van der Waals surface area contributed by atoms with Gasteiger partial charge in [0.2, 0.25) is 0 Å². The molecule has 8 heteroatoms. The van der Waals surface area contributed by atoms with Crippen molar-refractivity contribution in [2.45, 2.75) is 6.61 Å². The van der Waals surface area contributed by atoms with Crippen LogP contribution in [0.3, 0.4) is 0 Å². The first kappa shape index (κ1) is 19.5. The normalized spacial score (nSPS) is 10.9. The van der Waals surface area contributed by atoms with E-state index < -0.39 is 5.97 Å². The lowest BCUT2D eigenvalue weighted by Crippen LogP contribution is -2.11. The Balaban J connectivity index is 1.46. The first-order chi connectivity index (χ1) is 15.7. The van der Waals surface area contributed by atoms with Gasteiger partial charge in [-0.3, -0.25) is 0 Å². The second-order valence-electron chi connectivity index (χ2n) is 7.00. The van der Waals surface area contributed by atoms with Crippen LogP contribution in [0.15, 0.2) is 84.9 Å². The smallest absolute Gasteiger partial charge is 0.339 e. The van der Waals surface area contributed by atoms with E-state index in [0.717, 1.165) is 5.69 Å². The van der Waals surface area contributed by atoms with E-state index in [1.807, 2.05) is 48.5 Å². The number of pyridine rings is 1. The number of hydrogen-bond donors (Lipinski definition) is 0. The van der Waals surface area contributed by atoms with Gasteiger partial charge in [-0.25, -0.2) is 14.2 Å². The number of rotatable bonds is 5. The molecule has 0 saturated heterocycles. The molecule has 2 aromatic heterocycles. The highest BCUT2D eigenvalue weighted by molar-refractivity contribution is 6.04. The summed E-state index contributed by atoms with van der Waals surface area (Å²) in [6.07, 6.45) is 0. The highest BCUT2D eigenvalue weighted by atomic mass is 19.1. The van der Waals surface area contributed by atoms with Gasteiger partial charge in [0.1, 0.15) is 5.82 Å². The number of aromatic nitrogens is 5. The van der Waals surface area contributed by atoms with Crippen molar-refractivity contribution in [2.75, 3.05) is 0 Å². The van der Waals surface area contributed by atoms with Gasteiger partial charge in [-0.2, -0.15) is 4.68 Å². The Labute approximate surface area is 182 Å². The van der Waals surface area contributed by atoms with Crippen LogP contribution in [0, 0.1) is 5.82 Å². The van der Waals surface area contributed by atoms with Crippen molar-refractivity contribution in [2.24, 2.45) is 0 Å². The van der Waals surface area contributed by atoms with E-state index in [4.69, 9.17) is 4.74 Å². The molecule has 0 amide bonds. The zero-order valence-corrected chi connectivity index (χ0v) is 16.7. The third-order valence-electron chi connectivity index (χ3n) is 4.94. The third kappa shape index (κ3) is 3.81. The predicted octanol–water partition coefficient (Wildman–Crippen LogP) is 4.37. The molecule has 7 nitrogen and oxygen atoms in total. The number of benzene rings is 3. The van der Waals surface area contributed by atoms with E-state index >= 15 is 0 Å². The van der Waals surface area contributed by atoms with E-state index in [1.54, 1.807) is 24.3 Å². The highest BCUT2D eigenvalue weighted by Gasteiger charge is 2.17. The van der Waals surface area contributed by atoms with Crippen molar-refractivity contribution in [1.82, 2.24) is 25.2 Å². The molecule has 0 spiro atoms. The van der Waals surface area contributed by atoms with Gasteiger partial charge < -0.3 is 4.74 Å². The van der Waals surface area contributed by atoms with E-state index in [0.29, 0.717) is 33.5 Å². The van der Waals surface area contributed by atoms with E-state index in [2.05, 4.69) is 20.5 Å². The molecular formula is C24H16FN5O2. The van der Waals surface area contributed by atoms with Gasteiger partial charge >= 0.3 is 5.97 Å². The SMILES string of the molecule is O=C(OCc1nnnn1-c1ccccc1)c1cc(-c2ccc(F)cc2)nc2ccccc12. The minimum Gasteiger partial charge on any atom is -0.454 e. The van der Waals surface area contributed by atoms with Gasteiger partial charge in [0.15, 0.2) is 12.4 Å². The number of carbonyl (C=O) groups is 1. The minimum atomic E-state index is -0.533. The average molecular weight is 425 g/mol. The predicted molar refractivity (Wildman–Crippen MR) is 115 cm³/mol. The molecule has 0 unspecified atom stereocenters. The molecule has 5 rings (SSSR count). The zero-order chi connectivity index (χ0) is 21.9. The average Bonchev–Trinajstić information content (AvgIpc) is 3.31. The standard InChI is InChI=1S/C24H16FN5O2/c25-17-12-10-16(11-13-17)22-14-20(19-8-4-5-9-21(19)26-22)24(31)32-15-23-27-28-29-30(23)18-6-2-1-3-7-18/h1-14H,15H2. The van der Waals surface area contributed by atoms with Crippen LogP contribution in [-0.4, -0.2) is 31.2 Å². The molecule has 5 aromatic rings. The molecule has 0 radical (unpaired) electrons. The van der Waals surface area contributed by atoms with Crippen molar-refractivity contribution < 1.29 is 13.9 Å². The number of ether oxygens (including phenoxy) is 1. The Bertz CT molecular complexity index is 1400. The number of para-hydroxylation sites is 2. The van der Waals surface area contributed by atoms with Gasteiger partial charge in [0, 0.05) is 10.9 Å². The topological polar surface area (TPSA) is 82.8 Å². The largest absolute Gasteiger partial charge is 0.454 e. The molecule has 0 aliphatic carbocycles. The molecular weight excluding hydrogens is 409 g/mol. The van der Waals surface area contributed by atoms with Gasteiger partial charge in [0.25, 0.3) is 0 Å². The van der Waals surface area contributed by atoms with Crippen LogP contribution in [0.25, 0.3) is 27.8 Å². The van der Waals surface area contributed by atoms with Crippen LogP contribution in [0.4, 0.5) is 4.39 Å². The molecule has 0 saturated carbocycles. The number of tetrazole rings is 1. The molecule has 32 heavy (non-hydrogen) atoms. The number of fused-ring (bicyclic) bond motifs is 1. The van der Waals surface area contributed by atoms with Crippen LogP contribution in [-0.2, 0) is 11.3 Å². The maximum Gasteiger partial charge on any atom is 0.339 e. The summed E-state index contributed by atoms with van der Waals surface area (Å²) in [5.74, 6) is -0.485. The molecule has 156 valence electrons. The first-order valence-electron chi connectivity index (χ1n) is 9.84. The maximum absolute atomic E-state index is 13.3. The van der Waals surface area contributed by atoms with Crippen LogP contribution in [0.1, 0.15) is 16.2 Å². The number of esters is 1. The molecule has 0 aliphatic rings. The fourth-order valence-corrected chi connectivity index (χ4v) is 3.39. The highest BCUT2D eigenvalue weighted by Crippen LogP contribution is 2.26. The molecule has 0 aliphatic heterocycles. The Kier molecular flexibility index (Phi) is 5.09. The molecule has 0 N–H and O–H groups in total. The summed E-state index contributed by atoms with van der Waals surface area (Å²) in [5, 5.41) is 12.3. The first-order valence-corrected chi connectivity index (χ1v) is 9.84. The summed E-state index contributed by atoms with van der Waals surface area (Å²) >= 11 is 0. The number of halogens is 1. The van der Waals surface area contributed by atoms with Gasteiger partial charge in [0.05, 0.1) is 22.5 Å². The number of carbonyl (C=O) groups excluding carboxylic acids is 1. The molecule has 2 heterocycles. The fourth-order valence-electron chi connectivity index (χ4n) is 3.39. The lowest BCUT2D eigenvalue weighted by molar-refractivity contribution is 0.0462. The Morgan fingerprint density at radius 3 is 2.50 bits per heavy atom. The van der Waals surface area contributed by atoms with Gasteiger partial charge in [-0.05, 0) is 59.0 Å². The summed E-state index contributed by atoms with van der Waals surface area (Å²) < 4.78 is 20.4. The van der Waals surface area contributed by atoms with Gasteiger partial charge in [-0.1, -0.05) is 36.4 Å². The zero-order valence-electron chi connectivity index (χ0n) is 16.7. The molecule has 0 atom stereocenters. The summed E-state index contributed by atoms with van der Waals surface area (Å²) in [6, 6.07) is 24.2. The van der Waals surface area contributed by atoms with E-state index in [9.17, 15) is 9.18 Å².